The zero-order valence-electron chi connectivity index (χ0n) is 14.2. The summed E-state index contributed by atoms with van der Waals surface area (Å²) in [6.45, 7) is 3.72. The highest BCUT2D eigenvalue weighted by atomic mass is 79.9. The fraction of sp³-hybridized carbons (Fsp3) is 0.105. The van der Waals surface area contributed by atoms with Gasteiger partial charge in [-0.05, 0) is 30.3 Å². The number of halogens is 1. The average molecular weight is 462 g/mol. The molecule has 0 aliphatic carbocycles. The van der Waals surface area contributed by atoms with E-state index >= 15 is 0 Å². The van der Waals surface area contributed by atoms with E-state index in [9.17, 15) is 4.79 Å². The minimum atomic E-state index is -0.131. The van der Waals surface area contributed by atoms with E-state index in [0.29, 0.717) is 11.1 Å². The van der Waals surface area contributed by atoms with Gasteiger partial charge in [-0.1, -0.05) is 52.0 Å². The molecule has 3 rings (SSSR count). The SMILES string of the molecule is C=CCSc1ccccc1NC(=O)CSc1nnc(-c2cccc(Br)c2)o1. The molecule has 1 amide bonds. The molecule has 0 aliphatic rings. The minimum absolute atomic E-state index is 0.131. The smallest absolute Gasteiger partial charge is 0.277 e. The van der Waals surface area contributed by atoms with Gasteiger partial charge in [0, 0.05) is 20.7 Å². The lowest BCUT2D eigenvalue weighted by atomic mass is 10.2. The Kier molecular flexibility index (Phi) is 7.14. The van der Waals surface area contributed by atoms with E-state index < -0.39 is 0 Å². The van der Waals surface area contributed by atoms with Crippen LogP contribution in [0.2, 0.25) is 0 Å². The summed E-state index contributed by atoms with van der Waals surface area (Å²) in [7, 11) is 0. The summed E-state index contributed by atoms with van der Waals surface area (Å²) in [6, 6.07) is 15.3. The van der Waals surface area contributed by atoms with Crippen molar-refractivity contribution < 1.29 is 9.21 Å². The number of hydrogen-bond acceptors (Lipinski definition) is 6. The molecule has 0 saturated carbocycles. The van der Waals surface area contributed by atoms with Crippen molar-refractivity contribution in [2.24, 2.45) is 0 Å². The topological polar surface area (TPSA) is 68.0 Å². The number of nitrogens with one attached hydrogen (secondary N) is 1. The number of carbonyl (C=O) groups excluding carboxylic acids is 1. The largest absolute Gasteiger partial charge is 0.411 e. The van der Waals surface area contributed by atoms with Gasteiger partial charge in [-0.2, -0.15) is 0 Å². The number of hydrogen-bond donors (Lipinski definition) is 1. The van der Waals surface area contributed by atoms with Gasteiger partial charge in [-0.15, -0.1) is 28.5 Å². The highest BCUT2D eigenvalue weighted by molar-refractivity contribution is 9.10. The number of carbonyl (C=O) groups is 1. The van der Waals surface area contributed by atoms with Crippen LogP contribution in [0.1, 0.15) is 0 Å². The maximum absolute atomic E-state index is 12.3. The fourth-order valence-electron chi connectivity index (χ4n) is 2.16. The van der Waals surface area contributed by atoms with Gasteiger partial charge in [-0.3, -0.25) is 4.79 Å². The van der Waals surface area contributed by atoms with Gasteiger partial charge in [0.05, 0.1) is 11.4 Å². The monoisotopic (exact) mass is 461 g/mol. The van der Waals surface area contributed by atoms with Crippen LogP contribution < -0.4 is 5.32 Å². The molecule has 2 aromatic carbocycles. The van der Waals surface area contributed by atoms with Crippen molar-refractivity contribution in [3.8, 4) is 11.5 Å². The Balaban J connectivity index is 1.58. The highest BCUT2D eigenvalue weighted by Crippen LogP contribution is 2.28. The fourth-order valence-corrected chi connectivity index (χ4v) is 3.87. The number of benzene rings is 2. The van der Waals surface area contributed by atoms with Crippen LogP contribution in [0.15, 0.2) is 80.2 Å². The van der Waals surface area contributed by atoms with Gasteiger partial charge < -0.3 is 9.73 Å². The summed E-state index contributed by atoms with van der Waals surface area (Å²) in [6.07, 6.45) is 1.83. The van der Waals surface area contributed by atoms with Crippen molar-refractivity contribution in [3.05, 3.63) is 65.7 Å². The molecule has 27 heavy (non-hydrogen) atoms. The number of para-hydroxylation sites is 1. The molecule has 0 aliphatic heterocycles. The second-order valence-corrected chi connectivity index (χ2v) is 8.22. The zero-order valence-corrected chi connectivity index (χ0v) is 17.4. The van der Waals surface area contributed by atoms with E-state index in [1.165, 1.54) is 11.8 Å². The molecular formula is C19H16BrN3O2S2. The van der Waals surface area contributed by atoms with Crippen molar-refractivity contribution >= 4 is 51.0 Å². The van der Waals surface area contributed by atoms with Gasteiger partial charge in [0.2, 0.25) is 11.8 Å². The average Bonchev–Trinajstić information content (AvgIpc) is 3.15. The molecular weight excluding hydrogens is 446 g/mol. The Morgan fingerprint density at radius 3 is 2.85 bits per heavy atom. The third-order valence-electron chi connectivity index (χ3n) is 3.32. The number of anilines is 1. The molecule has 0 spiro atoms. The first-order valence-electron chi connectivity index (χ1n) is 8.00. The first-order valence-corrected chi connectivity index (χ1v) is 10.8. The maximum Gasteiger partial charge on any atom is 0.277 e. The molecule has 0 fully saturated rings. The Hall–Kier alpha value is -2.03. The third kappa shape index (κ3) is 5.72. The summed E-state index contributed by atoms with van der Waals surface area (Å²) in [5, 5.41) is 11.3. The van der Waals surface area contributed by atoms with Crippen molar-refractivity contribution in [2.75, 3.05) is 16.8 Å². The Bertz CT molecular complexity index is 946. The number of aromatic nitrogens is 2. The maximum atomic E-state index is 12.3. The summed E-state index contributed by atoms with van der Waals surface area (Å²) in [5.41, 5.74) is 1.61. The molecule has 3 aromatic rings. The van der Waals surface area contributed by atoms with E-state index in [0.717, 1.165) is 26.4 Å². The first kappa shape index (κ1) is 19.7. The van der Waals surface area contributed by atoms with Crippen LogP contribution in [0, 0.1) is 0 Å². The van der Waals surface area contributed by atoms with E-state index in [-0.39, 0.29) is 11.7 Å². The van der Waals surface area contributed by atoms with Crippen LogP contribution in [-0.2, 0) is 4.79 Å². The summed E-state index contributed by atoms with van der Waals surface area (Å²) in [4.78, 5) is 13.3. The van der Waals surface area contributed by atoms with Gasteiger partial charge in [0.15, 0.2) is 0 Å². The van der Waals surface area contributed by atoms with Crippen molar-refractivity contribution in [2.45, 2.75) is 10.1 Å². The van der Waals surface area contributed by atoms with E-state index in [1.54, 1.807) is 11.8 Å². The quantitative estimate of drug-likeness (QED) is 0.352. The standard InChI is InChI=1S/C19H16BrN3O2S2/c1-2-10-26-16-9-4-3-8-15(16)21-17(24)12-27-19-23-22-18(25-19)13-6-5-7-14(20)11-13/h2-9,11H,1,10,12H2,(H,21,24). The molecule has 5 nitrogen and oxygen atoms in total. The lowest BCUT2D eigenvalue weighted by Gasteiger charge is -2.09. The number of rotatable bonds is 8. The van der Waals surface area contributed by atoms with E-state index in [2.05, 4.69) is 38.0 Å². The van der Waals surface area contributed by atoms with Crippen molar-refractivity contribution in [3.63, 3.8) is 0 Å². The molecule has 1 heterocycles. The number of nitrogens with zero attached hydrogens (tertiary/aromatic N) is 2. The molecule has 0 bridgehead atoms. The zero-order chi connectivity index (χ0) is 19.1. The van der Waals surface area contributed by atoms with Gasteiger partial charge >= 0.3 is 0 Å². The predicted molar refractivity (Wildman–Crippen MR) is 114 cm³/mol. The first-order chi connectivity index (χ1) is 13.2. The molecule has 0 atom stereocenters. The molecule has 8 heteroatoms. The predicted octanol–water partition coefficient (Wildman–Crippen LogP) is 5.51. The Labute approximate surface area is 174 Å². The molecule has 0 saturated heterocycles. The Morgan fingerprint density at radius 2 is 2.04 bits per heavy atom. The molecule has 138 valence electrons. The van der Waals surface area contributed by atoms with Crippen LogP contribution in [0.5, 0.6) is 0 Å². The van der Waals surface area contributed by atoms with E-state index in [4.69, 9.17) is 4.42 Å². The van der Waals surface area contributed by atoms with Crippen molar-refractivity contribution in [1.82, 2.24) is 10.2 Å². The lowest BCUT2D eigenvalue weighted by Crippen LogP contribution is -2.14. The summed E-state index contributed by atoms with van der Waals surface area (Å²) >= 11 is 6.24. The Morgan fingerprint density at radius 1 is 1.19 bits per heavy atom. The van der Waals surface area contributed by atoms with Crippen molar-refractivity contribution in [1.29, 1.82) is 0 Å². The minimum Gasteiger partial charge on any atom is -0.411 e. The molecule has 0 radical (unpaired) electrons. The normalized spacial score (nSPS) is 10.6. The lowest BCUT2D eigenvalue weighted by molar-refractivity contribution is -0.113. The van der Waals surface area contributed by atoms with Crippen LogP contribution in [0.4, 0.5) is 5.69 Å². The second kappa shape index (κ2) is 9.77. The van der Waals surface area contributed by atoms with Crippen LogP contribution in [0.25, 0.3) is 11.5 Å². The van der Waals surface area contributed by atoms with Gasteiger partial charge in [0.1, 0.15) is 0 Å². The highest BCUT2D eigenvalue weighted by Gasteiger charge is 2.12. The van der Waals surface area contributed by atoms with E-state index in [1.807, 2.05) is 54.6 Å². The van der Waals surface area contributed by atoms with Crippen LogP contribution in [0.3, 0.4) is 0 Å². The third-order valence-corrected chi connectivity index (χ3v) is 5.70. The molecule has 1 N–H and O–H groups in total. The number of thioether (sulfide) groups is 2. The van der Waals surface area contributed by atoms with Gasteiger partial charge in [-0.25, -0.2) is 0 Å². The molecule has 1 aromatic heterocycles. The van der Waals surface area contributed by atoms with Crippen LogP contribution in [-0.4, -0.2) is 27.6 Å². The second-order valence-electron chi connectivity index (χ2n) is 5.32. The van der Waals surface area contributed by atoms with Crippen LogP contribution >= 0.6 is 39.5 Å². The van der Waals surface area contributed by atoms with Gasteiger partial charge in [0.25, 0.3) is 5.22 Å². The summed E-state index contributed by atoms with van der Waals surface area (Å²) < 4.78 is 6.56. The number of amides is 1. The summed E-state index contributed by atoms with van der Waals surface area (Å²) in [5.74, 6) is 1.25. The molecule has 0 unspecified atom stereocenters.